The lowest BCUT2D eigenvalue weighted by atomic mass is 10.3. The molecule has 0 aliphatic rings. The predicted octanol–water partition coefficient (Wildman–Crippen LogP) is -0.718. The lowest BCUT2D eigenvalue weighted by molar-refractivity contribution is -0.124. The van der Waals surface area contributed by atoms with Crippen molar-refractivity contribution in [3.05, 3.63) is 24.0 Å². The van der Waals surface area contributed by atoms with Crippen molar-refractivity contribution in [2.75, 3.05) is 0 Å². The van der Waals surface area contributed by atoms with E-state index in [4.69, 9.17) is 10.9 Å². The molecule has 0 spiro atoms. The van der Waals surface area contributed by atoms with E-state index in [9.17, 15) is 4.79 Å². The largest absolute Gasteiger partial charge is 0.405 e. The molecule has 5 nitrogen and oxygen atoms in total. The molecule has 0 radical (unpaired) electrons. The lowest BCUT2D eigenvalue weighted by Crippen LogP contribution is -2.20. The number of nitrogens with one attached hydrogen (secondary N) is 2. The molecule has 0 aromatic rings. The monoisotopic (exact) mass is 175 g/mol. The highest BCUT2D eigenvalue weighted by Crippen LogP contribution is 1.93. The van der Waals surface area contributed by atoms with E-state index in [-0.39, 0.29) is 5.57 Å². The summed E-state index contributed by atoms with van der Waals surface area (Å²) in [5.41, 5.74) is 6.63. The first-order valence-electron chi connectivity index (χ1n) is 2.68. The number of nitrogens with two attached hydrogens (primary N) is 1. The van der Waals surface area contributed by atoms with Gasteiger partial charge in [0.1, 0.15) is 0 Å². The quantitative estimate of drug-likeness (QED) is 0.129. The average molecular weight is 175 g/mol. The molecule has 0 bridgehead atoms. The second-order valence-electron chi connectivity index (χ2n) is 1.53. The van der Waals surface area contributed by atoms with Crippen LogP contribution in [-0.2, 0) is 4.79 Å². The lowest BCUT2D eigenvalue weighted by Gasteiger charge is -1.97. The zero-order chi connectivity index (χ0) is 8.69. The number of carbonyl (C=O) groups excluding carboxylic acids is 1. The van der Waals surface area contributed by atoms with E-state index in [0.717, 1.165) is 0 Å². The van der Waals surface area contributed by atoms with Crippen LogP contribution in [0.5, 0.6) is 0 Å². The number of thiol groups is 1. The van der Waals surface area contributed by atoms with Crippen molar-refractivity contribution < 1.29 is 10.0 Å². The summed E-state index contributed by atoms with van der Waals surface area (Å²) >= 11 is 3.62. The van der Waals surface area contributed by atoms with E-state index >= 15 is 0 Å². The standard InChI is InChI=1S/C5H9N3O2S/c6-2-1-4(3-7-11)5(9)8-10/h1-3,7,10-11H,6H2,(H,8,9)/b2-1-,4-3-. The van der Waals surface area contributed by atoms with Gasteiger partial charge in [-0.05, 0) is 12.3 Å². The Hall–Kier alpha value is -1.14. The van der Waals surface area contributed by atoms with Gasteiger partial charge in [0.25, 0.3) is 5.91 Å². The SMILES string of the molecule is N/C=C\C(=C\NS)C(=O)NO. The van der Waals surface area contributed by atoms with Crippen LogP contribution in [0, 0.1) is 0 Å². The highest BCUT2D eigenvalue weighted by Gasteiger charge is 2.02. The molecule has 0 aliphatic heterocycles. The Bertz CT molecular complexity index is 190. The summed E-state index contributed by atoms with van der Waals surface area (Å²) in [7, 11) is 0. The Labute approximate surface area is 69.5 Å². The van der Waals surface area contributed by atoms with Gasteiger partial charge in [-0.1, -0.05) is 12.8 Å². The molecule has 62 valence electrons. The van der Waals surface area contributed by atoms with Crippen LogP contribution < -0.4 is 15.9 Å². The first-order chi connectivity index (χ1) is 5.26. The fourth-order valence-electron chi connectivity index (χ4n) is 0.427. The van der Waals surface area contributed by atoms with Gasteiger partial charge in [0.15, 0.2) is 0 Å². The number of carbonyl (C=O) groups is 1. The molecule has 5 N–H and O–H groups in total. The molecule has 6 heteroatoms. The van der Waals surface area contributed by atoms with Gasteiger partial charge < -0.3 is 10.5 Å². The molecule has 0 atom stereocenters. The molecule has 0 aromatic carbocycles. The smallest absolute Gasteiger partial charge is 0.276 e. The van der Waals surface area contributed by atoms with Crippen LogP contribution in [-0.4, -0.2) is 11.1 Å². The van der Waals surface area contributed by atoms with E-state index in [1.807, 2.05) is 0 Å². The van der Waals surface area contributed by atoms with Crippen LogP contribution in [0.25, 0.3) is 0 Å². The zero-order valence-electron chi connectivity index (χ0n) is 5.61. The van der Waals surface area contributed by atoms with Crippen molar-refractivity contribution in [1.82, 2.24) is 10.2 Å². The van der Waals surface area contributed by atoms with Crippen molar-refractivity contribution in [1.29, 1.82) is 0 Å². The molecule has 0 heterocycles. The summed E-state index contributed by atoms with van der Waals surface area (Å²) in [5.74, 6) is -0.659. The van der Waals surface area contributed by atoms with E-state index in [2.05, 4.69) is 17.5 Å². The average Bonchev–Trinajstić information content (AvgIpc) is 2.03. The Morgan fingerprint density at radius 1 is 1.64 bits per heavy atom. The van der Waals surface area contributed by atoms with Crippen molar-refractivity contribution in [3.8, 4) is 0 Å². The van der Waals surface area contributed by atoms with Crippen LogP contribution in [0.15, 0.2) is 24.0 Å². The fourth-order valence-corrected chi connectivity index (χ4v) is 0.566. The van der Waals surface area contributed by atoms with E-state index < -0.39 is 5.91 Å². The maximum absolute atomic E-state index is 10.7. The molecule has 1 amide bonds. The first kappa shape index (κ1) is 9.86. The van der Waals surface area contributed by atoms with E-state index in [1.165, 1.54) is 24.0 Å². The number of rotatable bonds is 3. The highest BCUT2D eigenvalue weighted by atomic mass is 32.1. The predicted molar refractivity (Wildman–Crippen MR) is 43.5 cm³/mol. The van der Waals surface area contributed by atoms with Gasteiger partial charge in [-0.3, -0.25) is 10.0 Å². The van der Waals surface area contributed by atoms with Crippen molar-refractivity contribution in [3.63, 3.8) is 0 Å². The molecule has 0 aromatic heterocycles. The zero-order valence-corrected chi connectivity index (χ0v) is 6.51. The normalized spacial score (nSPS) is 11.6. The molecule has 0 saturated heterocycles. The van der Waals surface area contributed by atoms with E-state index in [0.29, 0.717) is 0 Å². The summed E-state index contributed by atoms with van der Waals surface area (Å²) in [5, 5.41) is 8.19. The highest BCUT2D eigenvalue weighted by molar-refractivity contribution is 7.78. The molecular weight excluding hydrogens is 166 g/mol. The van der Waals surface area contributed by atoms with E-state index in [1.54, 1.807) is 0 Å². The minimum atomic E-state index is -0.659. The Kier molecular flexibility index (Phi) is 5.05. The Balaban J connectivity index is 4.34. The Morgan fingerprint density at radius 3 is 2.64 bits per heavy atom. The summed E-state index contributed by atoms with van der Waals surface area (Å²) < 4.78 is 2.32. The van der Waals surface area contributed by atoms with Gasteiger partial charge in [-0.15, -0.1) is 0 Å². The third-order valence-electron chi connectivity index (χ3n) is 0.860. The second-order valence-corrected chi connectivity index (χ2v) is 1.79. The summed E-state index contributed by atoms with van der Waals surface area (Å²) in [6.07, 6.45) is 3.76. The molecule has 0 saturated carbocycles. The Morgan fingerprint density at radius 2 is 2.27 bits per heavy atom. The molecule has 0 fully saturated rings. The van der Waals surface area contributed by atoms with Gasteiger partial charge in [0.2, 0.25) is 0 Å². The summed E-state index contributed by atoms with van der Waals surface area (Å²) in [6, 6.07) is 0. The molecule has 0 rings (SSSR count). The molecule has 0 unspecified atom stereocenters. The number of amides is 1. The number of hydrogen-bond donors (Lipinski definition) is 5. The second kappa shape index (κ2) is 5.63. The van der Waals surface area contributed by atoms with Crippen LogP contribution in [0.1, 0.15) is 0 Å². The van der Waals surface area contributed by atoms with Crippen molar-refractivity contribution >= 4 is 18.7 Å². The van der Waals surface area contributed by atoms with Crippen LogP contribution in [0.4, 0.5) is 0 Å². The third-order valence-corrected chi connectivity index (χ3v) is 0.989. The van der Waals surface area contributed by atoms with Gasteiger partial charge in [0.05, 0.1) is 5.57 Å². The topological polar surface area (TPSA) is 87.4 Å². The number of hydrogen-bond acceptors (Lipinski definition) is 5. The first-order valence-corrected chi connectivity index (χ1v) is 3.13. The van der Waals surface area contributed by atoms with Crippen molar-refractivity contribution in [2.24, 2.45) is 5.73 Å². The minimum Gasteiger partial charge on any atom is -0.405 e. The van der Waals surface area contributed by atoms with Gasteiger partial charge >= 0.3 is 0 Å². The molecule has 11 heavy (non-hydrogen) atoms. The minimum absolute atomic E-state index is 0.171. The van der Waals surface area contributed by atoms with Gasteiger partial charge in [0, 0.05) is 6.20 Å². The number of hydroxylamine groups is 1. The van der Waals surface area contributed by atoms with Crippen LogP contribution in [0.3, 0.4) is 0 Å². The molecular formula is C5H9N3O2S. The summed E-state index contributed by atoms with van der Waals surface area (Å²) in [4.78, 5) is 10.7. The maximum atomic E-state index is 10.7. The van der Waals surface area contributed by atoms with Crippen LogP contribution >= 0.6 is 12.8 Å². The van der Waals surface area contributed by atoms with Crippen molar-refractivity contribution in [2.45, 2.75) is 0 Å². The van der Waals surface area contributed by atoms with Crippen LogP contribution in [0.2, 0.25) is 0 Å². The third kappa shape index (κ3) is 3.54. The fraction of sp³-hybridized carbons (Fsp3) is 0. The van der Waals surface area contributed by atoms with Gasteiger partial charge in [-0.25, -0.2) is 5.48 Å². The summed E-state index contributed by atoms with van der Waals surface area (Å²) in [6.45, 7) is 0. The molecule has 0 aliphatic carbocycles. The maximum Gasteiger partial charge on any atom is 0.276 e. The van der Waals surface area contributed by atoms with Gasteiger partial charge in [-0.2, -0.15) is 0 Å².